The Morgan fingerprint density at radius 1 is 1.32 bits per heavy atom. The maximum Gasteiger partial charge on any atom is 0.191 e. The Kier molecular flexibility index (Phi) is 3.57. The van der Waals surface area contributed by atoms with Crippen molar-refractivity contribution in [1.82, 2.24) is 14.8 Å². The normalized spacial score (nSPS) is 21.6. The van der Waals surface area contributed by atoms with E-state index >= 15 is 0 Å². The highest BCUT2D eigenvalue weighted by molar-refractivity contribution is 8.00. The maximum atomic E-state index is 5.67. The molecule has 1 heterocycles. The van der Waals surface area contributed by atoms with Gasteiger partial charge >= 0.3 is 0 Å². The van der Waals surface area contributed by atoms with Gasteiger partial charge in [0.05, 0.1) is 6.54 Å². The number of thioether (sulfide) groups is 1. The SMILES string of the molecule is CCn1c(CN)nnc1SC1CC1c1ccccc1. The van der Waals surface area contributed by atoms with E-state index in [0.717, 1.165) is 17.5 Å². The average molecular weight is 274 g/mol. The molecule has 1 aliphatic rings. The average Bonchev–Trinajstić information content (AvgIpc) is 3.11. The van der Waals surface area contributed by atoms with Gasteiger partial charge in [-0.3, -0.25) is 0 Å². The Bertz CT molecular complexity index is 552. The lowest BCUT2D eigenvalue weighted by Crippen LogP contribution is -2.08. The maximum absolute atomic E-state index is 5.67. The van der Waals surface area contributed by atoms with E-state index in [-0.39, 0.29) is 0 Å². The first-order valence-electron chi connectivity index (χ1n) is 6.67. The van der Waals surface area contributed by atoms with Crippen LogP contribution in [0.25, 0.3) is 0 Å². The van der Waals surface area contributed by atoms with Gasteiger partial charge in [-0.15, -0.1) is 10.2 Å². The van der Waals surface area contributed by atoms with E-state index < -0.39 is 0 Å². The first kappa shape index (κ1) is 12.7. The summed E-state index contributed by atoms with van der Waals surface area (Å²) in [6, 6.07) is 10.7. The van der Waals surface area contributed by atoms with Crippen molar-refractivity contribution in [2.24, 2.45) is 5.73 Å². The minimum Gasteiger partial charge on any atom is -0.324 e. The number of rotatable bonds is 5. The summed E-state index contributed by atoms with van der Waals surface area (Å²) in [6.07, 6.45) is 1.23. The predicted octanol–water partition coefficient (Wildman–Crippen LogP) is 2.40. The lowest BCUT2D eigenvalue weighted by molar-refractivity contribution is 0.643. The van der Waals surface area contributed by atoms with E-state index in [0.29, 0.717) is 17.7 Å². The van der Waals surface area contributed by atoms with Crippen molar-refractivity contribution in [2.75, 3.05) is 0 Å². The first-order chi connectivity index (χ1) is 9.33. The highest BCUT2D eigenvalue weighted by atomic mass is 32.2. The Hall–Kier alpha value is -1.33. The van der Waals surface area contributed by atoms with Crippen molar-refractivity contribution >= 4 is 11.8 Å². The summed E-state index contributed by atoms with van der Waals surface area (Å²) in [4.78, 5) is 0. The van der Waals surface area contributed by atoms with Gasteiger partial charge in [-0.2, -0.15) is 0 Å². The third-order valence-corrected chi connectivity index (χ3v) is 4.85. The largest absolute Gasteiger partial charge is 0.324 e. The summed E-state index contributed by atoms with van der Waals surface area (Å²) in [5.74, 6) is 1.54. The minimum atomic E-state index is 0.453. The molecule has 0 spiro atoms. The molecule has 0 aliphatic heterocycles. The van der Waals surface area contributed by atoms with Gasteiger partial charge in [-0.25, -0.2) is 0 Å². The van der Waals surface area contributed by atoms with Gasteiger partial charge in [0.15, 0.2) is 5.16 Å². The first-order valence-corrected chi connectivity index (χ1v) is 7.55. The van der Waals surface area contributed by atoms with Crippen molar-refractivity contribution in [1.29, 1.82) is 0 Å². The second kappa shape index (κ2) is 5.35. The van der Waals surface area contributed by atoms with E-state index in [1.807, 2.05) is 11.8 Å². The van der Waals surface area contributed by atoms with Crippen LogP contribution in [0.3, 0.4) is 0 Å². The number of nitrogens with zero attached hydrogens (tertiary/aromatic N) is 3. The molecule has 0 radical (unpaired) electrons. The van der Waals surface area contributed by atoms with Crippen molar-refractivity contribution in [2.45, 2.75) is 42.8 Å². The third kappa shape index (κ3) is 2.53. The highest BCUT2D eigenvalue weighted by Gasteiger charge is 2.40. The van der Waals surface area contributed by atoms with Crippen LogP contribution in [0, 0.1) is 0 Å². The summed E-state index contributed by atoms with van der Waals surface area (Å²) >= 11 is 1.83. The van der Waals surface area contributed by atoms with E-state index in [1.165, 1.54) is 12.0 Å². The molecular weight excluding hydrogens is 256 g/mol. The molecule has 1 aromatic carbocycles. The Balaban J connectivity index is 1.69. The Morgan fingerprint density at radius 3 is 2.79 bits per heavy atom. The topological polar surface area (TPSA) is 56.7 Å². The van der Waals surface area contributed by atoms with Gasteiger partial charge in [0.1, 0.15) is 5.82 Å². The number of aromatic nitrogens is 3. The molecule has 2 N–H and O–H groups in total. The number of hydrogen-bond acceptors (Lipinski definition) is 4. The quantitative estimate of drug-likeness (QED) is 0.909. The number of benzene rings is 1. The van der Waals surface area contributed by atoms with E-state index in [2.05, 4.69) is 52.0 Å². The number of hydrogen-bond donors (Lipinski definition) is 1. The Labute approximate surface area is 117 Å². The second-order valence-corrected chi connectivity index (χ2v) is 5.96. The molecule has 1 fully saturated rings. The molecule has 19 heavy (non-hydrogen) atoms. The van der Waals surface area contributed by atoms with Crippen LogP contribution in [0.2, 0.25) is 0 Å². The molecule has 2 atom stereocenters. The molecule has 0 bridgehead atoms. The van der Waals surface area contributed by atoms with Crippen LogP contribution >= 0.6 is 11.8 Å². The summed E-state index contributed by atoms with van der Waals surface area (Å²) in [7, 11) is 0. The number of nitrogens with two attached hydrogens (primary N) is 1. The van der Waals surface area contributed by atoms with Gasteiger partial charge in [-0.05, 0) is 24.8 Å². The van der Waals surface area contributed by atoms with Crippen molar-refractivity contribution in [3.05, 3.63) is 41.7 Å². The minimum absolute atomic E-state index is 0.453. The zero-order chi connectivity index (χ0) is 13.2. The molecule has 2 unspecified atom stereocenters. The molecule has 1 aliphatic carbocycles. The summed E-state index contributed by atoms with van der Waals surface area (Å²) in [5, 5.41) is 10.0. The van der Waals surface area contributed by atoms with Crippen LogP contribution in [-0.2, 0) is 13.1 Å². The zero-order valence-electron chi connectivity index (χ0n) is 11.0. The van der Waals surface area contributed by atoms with E-state index in [4.69, 9.17) is 5.73 Å². The molecule has 5 heteroatoms. The molecule has 4 nitrogen and oxygen atoms in total. The Morgan fingerprint density at radius 2 is 2.11 bits per heavy atom. The van der Waals surface area contributed by atoms with E-state index in [1.54, 1.807) is 0 Å². The molecule has 2 aromatic rings. The van der Waals surface area contributed by atoms with Crippen LogP contribution in [0.5, 0.6) is 0 Å². The van der Waals surface area contributed by atoms with Crippen LogP contribution in [0.1, 0.15) is 30.7 Å². The van der Waals surface area contributed by atoms with E-state index in [9.17, 15) is 0 Å². The molecule has 1 aromatic heterocycles. The van der Waals surface area contributed by atoms with Gasteiger partial charge in [0.25, 0.3) is 0 Å². The van der Waals surface area contributed by atoms with Crippen LogP contribution in [-0.4, -0.2) is 20.0 Å². The fourth-order valence-corrected chi connectivity index (χ4v) is 3.71. The van der Waals surface area contributed by atoms with Crippen molar-refractivity contribution in [3.63, 3.8) is 0 Å². The third-order valence-electron chi connectivity index (χ3n) is 3.51. The van der Waals surface area contributed by atoms with Gasteiger partial charge in [0.2, 0.25) is 0 Å². The van der Waals surface area contributed by atoms with Gasteiger partial charge in [0, 0.05) is 11.8 Å². The van der Waals surface area contributed by atoms with Crippen molar-refractivity contribution < 1.29 is 0 Å². The zero-order valence-corrected chi connectivity index (χ0v) is 11.8. The second-order valence-electron chi connectivity index (χ2n) is 4.76. The predicted molar refractivity (Wildman–Crippen MR) is 77.0 cm³/mol. The molecule has 0 saturated heterocycles. The van der Waals surface area contributed by atoms with Crippen LogP contribution in [0.15, 0.2) is 35.5 Å². The molecular formula is C14H18N4S. The highest BCUT2D eigenvalue weighted by Crippen LogP contribution is 2.51. The summed E-state index contributed by atoms with van der Waals surface area (Å²) < 4.78 is 2.12. The molecule has 100 valence electrons. The summed E-state index contributed by atoms with van der Waals surface area (Å²) in [5.41, 5.74) is 7.10. The smallest absolute Gasteiger partial charge is 0.191 e. The lowest BCUT2D eigenvalue weighted by Gasteiger charge is -2.05. The van der Waals surface area contributed by atoms with Crippen LogP contribution in [0.4, 0.5) is 0 Å². The fourth-order valence-electron chi connectivity index (χ4n) is 2.36. The summed E-state index contributed by atoms with van der Waals surface area (Å²) in [6.45, 7) is 3.44. The monoisotopic (exact) mass is 274 g/mol. The van der Waals surface area contributed by atoms with Crippen molar-refractivity contribution in [3.8, 4) is 0 Å². The van der Waals surface area contributed by atoms with Gasteiger partial charge in [-0.1, -0.05) is 42.1 Å². The molecule has 0 amide bonds. The molecule has 3 rings (SSSR count). The fraction of sp³-hybridized carbons (Fsp3) is 0.429. The lowest BCUT2D eigenvalue weighted by atomic mass is 10.1. The molecule has 1 saturated carbocycles. The standard InChI is InChI=1S/C14H18N4S/c1-2-18-13(9-15)16-17-14(18)19-12-8-11(12)10-6-4-3-5-7-10/h3-7,11-12H,2,8-9,15H2,1H3. The van der Waals surface area contributed by atoms with Crippen LogP contribution < -0.4 is 5.73 Å². The van der Waals surface area contributed by atoms with Gasteiger partial charge < -0.3 is 10.3 Å².